The Morgan fingerprint density at radius 2 is 1.82 bits per heavy atom. The third-order valence-corrected chi connectivity index (χ3v) is 4.81. The number of benzene rings is 1. The van der Waals surface area contributed by atoms with Gasteiger partial charge in [0, 0.05) is 27.3 Å². The smallest absolute Gasteiger partial charge is 0.343 e. The second kappa shape index (κ2) is 8.72. The predicted octanol–water partition coefficient (Wildman–Crippen LogP) is 0.895. The van der Waals surface area contributed by atoms with Crippen LogP contribution in [0, 0.1) is 0 Å². The van der Waals surface area contributed by atoms with Crippen molar-refractivity contribution in [2.45, 2.75) is 11.3 Å². The van der Waals surface area contributed by atoms with Crippen LogP contribution in [0.4, 0.5) is 0 Å². The number of esters is 1. The lowest BCUT2D eigenvalue weighted by molar-refractivity contribution is -0.142. The molecule has 0 aliphatic carbocycles. The Kier molecular flexibility index (Phi) is 7.30. The maximum absolute atomic E-state index is 12.3. The molecule has 0 heterocycles. The monoisotopic (exact) mass is 331 g/mol. The third-order valence-electron chi connectivity index (χ3n) is 2.94. The zero-order valence-electron chi connectivity index (χ0n) is 12.9. The number of carbonyl (C=O) groups excluding carboxylic acids is 1. The van der Waals surface area contributed by atoms with E-state index in [2.05, 4.69) is 4.74 Å². The van der Waals surface area contributed by atoms with Crippen LogP contribution >= 0.6 is 0 Å². The molecule has 0 atom stereocenters. The first kappa shape index (κ1) is 18.4. The normalized spacial score (nSPS) is 11.5. The van der Waals surface area contributed by atoms with Crippen molar-refractivity contribution < 1.29 is 27.4 Å². The molecule has 0 bridgehead atoms. The number of sulfonamides is 1. The largest absolute Gasteiger partial charge is 0.482 e. The highest BCUT2D eigenvalue weighted by molar-refractivity contribution is 7.89. The Balaban J connectivity index is 2.69. The number of carbonyl (C=O) groups is 1. The molecule has 0 radical (unpaired) electrons. The summed E-state index contributed by atoms with van der Waals surface area (Å²) in [4.78, 5) is 11.1. The molecule has 1 aromatic carbocycles. The average molecular weight is 331 g/mol. The molecule has 0 fully saturated rings. The van der Waals surface area contributed by atoms with Gasteiger partial charge >= 0.3 is 5.97 Å². The molecule has 0 saturated carbocycles. The van der Waals surface area contributed by atoms with Crippen LogP contribution in [0.25, 0.3) is 0 Å². The summed E-state index contributed by atoms with van der Waals surface area (Å²) < 4.78 is 40.4. The van der Waals surface area contributed by atoms with Crippen molar-refractivity contribution >= 4 is 16.0 Å². The van der Waals surface area contributed by atoms with E-state index in [0.29, 0.717) is 25.3 Å². The van der Waals surface area contributed by atoms with E-state index < -0.39 is 16.0 Å². The highest BCUT2D eigenvalue weighted by Crippen LogP contribution is 2.19. The van der Waals surface area contributed by atoms with Gasteiger partial charge in [-0.15, -0.1) is 0 Å². The van der Waals surface area contributed by atoms with Gasteiger partial charge < -0.3 is 14.2 Å². The van der Waals surface area contributed by atoms with Crippen molar-refractivity contribution in [1.29, 1.82) is 0 Å². The molecule has 8 heteroatoms. The van der Waals surface area contributed by atoms with Gasteiger partial charge in [0.15, 0.2) is 6.61 Å². The molecule has 124 valence electrons. The quantitative estimate of drug-likeness (QED) is 0.494. The Bertz CT molecular complexity index is 570. The van der Waals surface area contributed by atoms with Crippen molar-refractivity contribution in [2.24, 2.45) is 0 Å². The summed E-state index contributed by atoms with van der Waals surface area (Å²) in [6.45, 7) is 0.649. The number of ether oxygens (including phenoxy) is 3. The van der Waals surface area contributed by atoms with Crippen LogP contribution in [0.1, 0.15) is 6.42 Å². The summed E-state index contributed by atoms with van der Waals surface area (Å²) in [5.74, 6) is -0.110. The Morgan fingerprint density at radius 3 is 2.36 bits per heavy atom. The maximum atomic E-state index is 12.3. The van der Waals surface area contributed by atoms with Crippen molar-refractivity contribution in [1.82, 2.24) is 4.31 Å². The van der Waals surface area contributed by atoms with Crippen molar-refractivity contribution in [2.75, 3.05) is 41.0 Å². The molecule has 0 amide bonds. The molecule has 1 rings (SSSR count). The van der Waals surface area contributed by atoms with Crippen molar-refractivity contribution in [3.05, 3.63) is 24.3 Å². The highest BCUT2D eigenvalue weighted by Gasteiger charge is 2.20. The van der Waals surface area contributed by atoms with Gasteiger partial charge in [-0.3, -0.25) is 0 Å². The minimum atomic E-state index is -3.54. The van der Waals surface area contributed by atoms with Gasteiger partial charge in [0.05, 0.1) is 12.0 Å². The molecule has 0 spiro atoms. The van der Waals surface area contributed by atoms with E-state index in [9.17, 15) is 13.2 Å². The van der Waals surface area contributed by atoms with Gasteiger partial charge in [0.2, 0.25) is 10.0 Å². The summed E-state index contributed by atoms with van der Waals surface area (Å²) in [5.41, 5.74) is 0. The Morgan fingerprint density at radius 1 is 1.18 bits per heavy atom. The fourth-order valence-electron chi connectivity index (χ4n) is 1.64. The lowest BCUT2D eigenvalue weighted by Gasteiger charge is -2.17. The average Bonchev–Trinajstić information content (AvgIpc) is 2.53. The molecule has 22 heavy (non-hydrogen) atoms. The fourth-order valence-corrected chi connectivity index (χ4v) is 2.85. The maximum Gasteiger partial charge on any atom is 0.343 e. The molecule has 0 aliphatic heterocycles. The first-order chi connectivity index (χ1) is 10.4. The molecule has 7 nitrogen and oxygen atoms in total. The van der Waals surface area contributed by atoms with Gasteiger partial charge in [-0.2, -0.15) is 0 Å². The minimum Gasteiger partial charge on any atom is -0.482 e. The van der Waals surface area contributed by atoms with Crippen LogP contribution in [-0.4, -0.2) is 59.7 Å². The van der Waals surface area contributed by atoms with E-state index in [1.165, 1.54) is 42.7 Å². The van der Waals surface area contributed by atoms with Crippen molar-refractivity contribution in [3.63, 3.8) is 0 Å². The van der Waals surface area contributed by atoms with Gasteiger partial charge in [-0.25, -0.2) is 17.5 Å². The summed E-state index contributed by atoms with van der Waals surface area (Å²) in [6, 6.07) is 5.88. The van der Waals surface area contributed by atoms with E-state index in [1.807, 2.05) is 0 Å². The number of hydrogen-bond acceptors (Lipinski definition) is 6. The van der Waals surface area contributed by atoms with Crippen LogP contribution in [0.3, 0.4) is 0 Å². The standard InChI is InChI=1S/C14H21NO6S/c1-15(9-4-10-19-2)22(17,18)13-7-5-12(6-8-13)21-11-14(16)20-3/h5-8H,4,9-11H2,1-3H3. The van der Waals surface area contributed by atoms with Gasteiger partial charge in [0.25, 0.3) is 0 Å². The van der Waals surface area contributed by atoms with Crippen molar-refractivity contribution in [3.8, 4) is 5.75 Å². The second-order valence-electron chi connectivity index (χ2n) is 4.51. The van der Waals surface area contributed by atoms with Crippen LogP contribution in [0.15, 0.2) is 29.2 Å². The zero-order valence-corrected chi connectivity index (χ0v) is 13.8. The Labute approximate surface area is 130 Å². The van der Waals surface area contributed by atoms with Gasteiger partial charge in [-0.1, -0.05) is 0 Å². The molecule has 0 saturated heterocycles. The molecule has 0 aliphatic rings. The zero-order chi connectivity index (χ0) is 16.6. The van der Waals surface area contributed by atoms with E-state index in [0.717, 1.165) is 0 Å². The first-order valence-electron chi connectivity index (χ1n) is 6.66. The number of hydrogen-bond donors (Lipinski definition) is 0. The SMILES string of the molecule is COCCCN(C)S(=O)(=O)c1ccc(OCC(=O)OC)cc1. The highest BCUT2D eigenvalue weighted by atomic mass is 32.2. The lowest BCUT2D eigenvalue weighted by Crippen LogP contribution is -2.28. The number of nitrogens with zero attached hydrogens (tertiary/aromatic N) is 1. The molecule has 1 aromatic rings. The Hall–Kier alpha value is -1.64. The minimum absolute atomic E-state index is 0.165. The van der Waals surface area contributed by atoms with Gasteiger partial charge in [0.1, 0.15) is 5.75 Å². The molecule has 0 N–H and O–H groups in total. The fraction of sp³-hybridized carbons (Fsp3) is 0.500. The molecular formula is C14H21NO6S. The molecular weight excluding hydrogens is 310 g/mol. The van der Waals surface area contributed by atoms with Crippen LogP contribution < -0.4 is 4.74 Å². The molecule has 0 unspecified atom stereocenters. The summed E-state index contributed by atoms with van der Waals surface area (Å²) >= 11 is 0. The van der Waals surface area contributed by atoms with E-state index >= 15 is 0 Å². The van der Waals surface area contributed by atoms with E-state index in [4.69, 9.17) is 9.47 Å². The number of rotatable bonds is 9. The van der Waals surface area contributed by atoms with Crippen LogP contribution in [-0.2, 0) is 24.3 Å². The molecule has 0 aromatic heterocycles. The first-order valence-corrected chi connectivity index (χ1v) is 8.10. The van der Waals surface area contributed by atoms with E-state index in [-0.39, 0.29) is 11.5 Å². The van der Waals surface area contributed by atoms with Crippen LogP contribution in [0.2, 0.25) is 0 Å². The number of methoxy groups -OCH3 is 2. The summed E-state index contributed by atoms with van der Waals surface area (Å²) in [6.07, 6.45) is 0.618. The third kappa shape index (κ3) is 5.28. The van der Waals surface area contributed by atoms with Gasteiger partial charge in [-0.05, 0) is 30.7 Å². The van der Waals surface area contributed by atoms with E-state index in [1.54, 1.807) is 7.11 Å². The summed E-state index contributed by atoms with van der Waals surface area (Å²) in [7, 11) is 0.815. The predicted molar refractivity (Wildman–Crippen MR) is 80.3 cm³/mol. The lowest BCUT2D eigenvalue weighted by atomic mass is 10.3. The second-order valence-corrected chi connectivity index (χ2v) is 6.55. The van der Waals surface area contributed by atoms with Crippen LogP contribution in [0.5, 0.6) is 5.75 Å². The summed E-state index contributed by atoms with van der Waals surface area (Å²) in [5, 5.41) is 0. The topological polar surface area (TPSA) is 82.1 Å².